The predicted molar refractivity (Wildman–Crippen MR) is 149 cm³/mol. The fourth-order valence-corrected chi connectivity index (χ4v) is 4.88. The van der Waals surface area contributed by atoms with Crippen LogP contribution in [0, 0.1) is 0 Å². The SMILES string of the molecule is CC(C)(C)OC(=O)CCCCC(=O)[C@H](CCCCC(N)=O)NC(=O)OCC1c2ccccc2-c2ccccc21. The average molecular weight is 537 g/mol. The van der Waals surface area contributed by atoms with E-state index in [2.05, 4.69) is 17.4 Å². The van der Waals surface area contributed by atoms with Crippen molar-refractivity contribution in [1.82, 2.24) is 5.32 Å². The Bertz CT molecular complexity index is 1120. The normalized spacial score (nSPS) is 13.2. The zero-order valence-electron chi connectivity index (χ0n) is 23.2. The summed E-state index contributed by atoms with van der Waals surface area (Å²) in [5, 5.41) is 2.74. The Balaban J connectivity index is 1.54. The highest BCUT2D eigenvalue weighted by Crippen LogP contribution is 2.44. The van der Waals surface area contributed by atoms with Gasteiger partial charge in [-0.1, -0.05) is 55.0 Å². The second kappa shape index (κ2) is 13.9. The van der Waals surface area contributed by atoms with Crippen LogP contribution in [-0.2, 0) is 23.9 Å². The van der Waals surface area contributed by atoms with Gasteiger partial charge >= 0.3 is 12.1 Å². The number of rotatable bonds is 14. The molecule has 210 valence electrons. The van der Waals surface area contributed by atoms with Crippen molar-refractivity contribution >= 4 is 23.8 Å². The molecule has 0 radical (unpaired) electrons. The molecule has 1 aliphatic rings. The molecule has 0 aliphatic heterocycles. The quantitative estimate of drug-likeness (QED) is 0.246. The number of ketones is 1. The first-order valence-corrected chi connectivity index (χ1v) is 13.7. The molecule has 8 nitrogen and oxygen atoms in total. The van der Waals surface area contributed by atoms with Gasteiger partial charge in [-0.15, -0.1) is 0 Å². The van der Waals surface area contributed by atoms with Crippen LogP contribution in [0.25, 0.3) is 11.1 Å². The minimum atomic E-state index is -0.741. The number of benzene rings is 2. The molecular weight excluding hydrogens is 496 g/mol. The first-order valence-electron chi connectivity index (χ1n) is 13.7. The van der Waals surface area contributed by atoms with E-state index in [-0.39, 0.29) is 43.5 Å². The first kappa shape index (κ1) is 29.9. The van der Waals surface area contributed by atoms with Crippen LogP contribution in [0.4, 0.5) is 4.79 Å². The number of carbonyl (C=O) groups is 4. The van der Waals surface area contributed by atoms with Gasteiger partial charge in [-0.05, 0) is 68.7 Å². The van der Waals surface area contributed by atoms with E-state index in [1.165, 1.54) is 0 Å². The van der Waals surface area contributed by atoms with E-state index in [9.17, 15) is 19.2 Å². The summed E-state index contributed by atoms with van der Waals surface area (Å²) in [5.74, 6) is -0.910. The van der Waals surface area contributed by atoms with Gasteiger partial charge < -0.3 is 20.5 Å². The summed E-state index contributed by atoms with van der Waals surface area (Å²) in [6, 6.07) is 15.4. The van der Waals surface area contributed by atoms with E-state index < -0.39 is 23.6 Å². The lowest BCUT2D eigenvalue weighted by Crippen LogP contribution is -2.41. The van der Waals surface area contributed by atoms with Gasteiger partial charge in [0.15, 0.2) is 5.78 Å². The highest BCUT2D eigenvalue weighted by Gasteiger charge is 2.29. The van der Waals surface area contributed by atoms with Crippen molar-refractivity contribution in [3.8, 4) is 11.1 Å². The van der Waals surface area contributed by atoms with E-state index in [4.69, 9.17) is 15.2 Å². The number of nitrogens with one attached hydrogen (secondary N) is 1. The molecule has 0 fully saturated rings. The number of hydrogen-bond donors (Lipinski definition) is 2. The van der Waals surface area contributed by atoms with Crippen LogP contribution < -0.4 is 11.1 Å². The zero-order valence-corrected chi connectivity index (χ0v) is 23.2. The summed E-state index contributed by atoms with van der Waals surface area (Å²) in [6.07, 6.45) is 2.50. The minimum Gasteiger partial charge on any atom is -0.460 e. The number of nitrogens with two attached hydrogens (primary N) is 1. The van der Waals surface area contributed by atoms with Crippen LogP contribution in [0.2, 0.25) is 0 Å². The molecule has 3 rings (SSSR count). The van der Waals surface area contributed by atoms with Crippen LogP contribution in [0.5, 0.6) is 0 Å². The van der Waals surface area contributed by atoms with E-state index in [0.29, 0.717) is 32.1 Å². The molecule has 0 heterocycles. The summed E-state index contributed by atoms with van der Waals surface area (Å²) in [7, 11) is 0. The second-order valence-corrected chi connectivity index (χ2v) is 11.0. The molecule has 0 bridgehead atoms. The fourth-order valence-electron chi connectivity index (χ4n) is 4.88. The molecule has 8 heteroatoms. The number of fused-ring (bicyclic) bond motifs is 3. The molecule has 39 heavy (non-hydrogen) atoms. The summed E-state index contributed by atoms with van der Waals surface area (Å²) >= 11 is 0. The van der Waals surface area contributed by atoms with Crippen LogP contribution in [0.15, 0.2) is 48.5 Å². The monoisotopic (exact) mass is 536 g/mol. The molecule has 2 aromatic rings. The van der Waals surface area contributed by atoms with Crippen molar-refractivity contribution in [2.24, 2.45) is 5.73 Å². The maximum atomic E-state index is 13.0. The third-order valence-electron chi connectivity index (χ3n) is 6.66. The standard InChI is InChI=1S/C31H40N2O6/c1-31(2,3)39-29(36)19-11-9-17-27(34)26(16-8-10-18-28(32)35)33-30(37)38-20-25-23-14-6-4-12-21(23)22-13-5-7-15-24(22)25/h4-7,12-15,25-26H,8-11,16-20H2,1-3H3,(H2,32,35)(H,33,37)/t26-/m0/s1. The van der Waals surface area contributed by atoms with Crippen molar-refractivity contribution in [1.29, 1.82) is 0 Å². The number of Topliss-reactive ketones (excluding diaryl/α,β-unsaturated/α-hetero) is 1. The lowest BCUT2D eigenvalue weighted by molar-refractivity contribution is -0.155. The van der Waals surface area contributed by atoms with Gasteiger partial charge in [0.2, 0.25) is 5.91 Å². The number of amides is 2. The molecule has 0 saturated carbocycles. The third kappa shape index (κ3) is 9.23. The average Bonchev–Trinajstić information content (AvgIpc) is 3.19. The van der Waals surface area contributed by atoms with Gasteiger partial charge in [0.05, 0.1) is 6.04 Å². The maximum Gasteiger partial charge on any atom is 0.407 e. The van der Waals surface area contributed by atoms with Crippen LogP contribution in [0.3, 0.4) is 0 Å². The van der Waals surface area contributed by atoms with Crippen molar-refractivity contribution in [2.75, 3.05) is 6.61 Å². The molecule has 0 unspecified atom stereocenters. The maximum absolute atomic E-state index is 13.0. The second-order valence-electron chi connectivity index (χ2n) is 11.0. The Morgan fingerprint density at radius 2 is 1.41 bits per heavy atom. The number of hydrogen-bond acceptors (Lipinski definition) is 6. The molecule has 0 aromatic heterocycles. The van der Waals surface area contributed by atoms with E-state index in [0.717, 1.165) is 22.3 Å². The Morgan fingerprint density at radius 1 is 0.846 bits per heavy atom. The number of alkyl carbamates (subject to hydrolysis) is 1. The Hall–Kier alpha value is -3.68. The Labute approximate surface area is 230 Å². The van der Waals surface area contributed by atoms with Crippen LogP contribution in [-0.4, -0.2) is 42.0 Å². The highest BCUT2D eigenvalue weighted by atomic mass is 16.6. The van der Waals surface area contributed by atoms with E-state index in [1.807, 2.05) is 57.2 Å². The zero-order chi connectivity index (χ0) is 28.4. The number of carbonyl (C=O) groups excluding carboxylic acids is 4. The largest absolute Gasteiger partial charge is 0.460 e. The summed E-state index contributed by atoms with van der Waals surface area (Å²) in [6.45, 7) is 5.59. The number of primary amides is 1. The Morgan fingerprint density at radius 3 is 2.00 bits per heavy atom. The van der Waals surface area contributed by atoms with Gasteiger partial charge in [-0.25, -0.2) is 4.79 Å². The minimum absolute atomic E-state index is 0.0827. The molecule has 2 amide bonds. The van der Waals surface area contributed by atoms with E-state index >= 15 is 0 Å². The molecule has 1 atom stereocenters. The molecular formula is C31H40N2O6. The Kier molecular flexibility index (Phi) is 10.7. The van der Waals surface area contributed by atoms with Gasteiger partial charge in [0, 0.05) is 25.2 Å². The van der Waals surface area contributed by atoms with Crippen molar-refractivity contribution < 1.29 is 28.7 Å². The van der Waals surface area contributed by atoms with Gasteiger partial charge in [-0.2, -0.15) is 0 Å². The number of unbranched alkanes of at least 4 members (excludes halogenated alkanes) is 2. The topological polar surface area (TPSA) is 125 Å². The van der Waals surface area contributed by atoms with Crippen LogP contribution in [0.1, 0.15) is 89.2 Å². The van der Waals surface area contributed by atoms with Crippen molar-refractivity contribution in [3.05, 3.63) is 59.7 Å². The molecule has 2 aromatic carbocycles. The summed E-state index contributed by atoms with van der Waals surface area (Å²) < 4.78 is 10.9. The van der Waals surface area contributed by atoms with Crippen molar-refractivity contribution in [3.63, 3.8) is 0 Å². The van der Waals surface area contributed by atoms with E-state index in [1.54, 1.807) is 0 Å². The van der Waals surface area contributed by atoms with Gasteiger partial charge in [0.25, 0.3) is 0 Å². The van der Waals surface area contributed by atoms with Gasteiger partial charge in [0.1, 0.15) is 12.2 Å². The number of ether oxygens (including phenoxy) is 2. The van der Waals surface area contributed by atoms with Crippen molar-refractivity contribution in [2.45, 2.75) is 89.7 Å². The van der Waals surface area contributed by atoms with Gasteiger partial charge in [-0.3, -0.25) is 14.4 Å². The molecule has 0 spiro atoms. The smallest absolute Gasteiger partial charge is 0.407 e. The first-order chi connectivity index (χ1) is 18.5. The summed E-state index contributed by atoms with van der Waals surface area (Å²) in [5.41, 5.74) is 9.17. The lowest BCUT2D eigenvalue weighted by atomic mass is 9.98. The molecule has 3 N–H and O–H groups in total. The predicted octanol–water partition coefficient (Wildman–Crippen LogP) is 5.41. The number of esters is 1. The highest BCUT2D eigenvalue weighted by molar-refractivity contribution is 5.87. The molecule has 0 saturated heterocycles. The summed E-state index contributed by atoms with van der Waals surface area (Å²) in [4.78, 5) is 48.8. The van der Waals surface area contributed by atoms with Crippen LogP contribution >= 0.6 is 0 Å². The molecule has 1 aliphatic carbocycles. The fraction of sp³-hybridized carbons (Fsp3) is 0.484. The lowest BCUT2D eigenvalue weighted by Gasteiger charge is -2.20. The third-order valence-corrected chi connectivity index (χ3v) is 6.66.